The van der Waals surface area contributed by atoms with Crippen molar-refractivity contribution < 1.29 is 9.53 Å². The van der Waals surface area contributed by atoms with Crippen molar-refractivity contribution in [1.29, 1.82) is 0 Å². The van der Waals surface area contributed by atoms with Crippen LogP contribution in [-0.4, -0.2) is 12.6 Å². The van der Waals surface area contributed by atoms with Gasteiger partial charge in [0, 0.05) is 0 Å². The largest absolute Gasteiger partial charge is 0.465 e. The third-order valence-electron chi connectivity index (χ3n) is 2.40. The van der Waals surface area contributed by atoms with Gasteiger partial charge < -0.3 is 4.74 Å². The average molecular weight is 214 g/mol. The average Bonchev–Trinajstić information content (AvgIpc) is 2.10. The predicted molar refractivity (Wildman–Crippen MR) is 63.7 cm³/mol. The molecule has 0 aromatic heterocycles. The summed E-state index contributed by atoms with van der Waals surface area (Å²) < 4.78 is 5.22. The van der Waals surface area contributed by atoms with Crippen LogP contribution < -0.4 is 0 Å². The maximum absolute atomic E-state index is 11.5. The molecule has 0 aromatic rings. The fraction of sp³-hybridized carbons (Fsp3) is 0.923. The van der Waals surface area contributed by atoms with E-state index in [9.17, 15) is 4.79 Å². The molecular weight excluding hydrogens is 188 g/mol. The van der Waals surface area contributed by atoms with E-state index in [4.69, 9.17) is 4.74 Å². The number of carbonyl (C=O) groups excluding carboxylic acids is 1. The first-order valence-corrected chi connectivity index (χ1v) is 6.10. The predicted octanol–water partition coefficient (Wildman–Crippen LogP) is 3.65. The second-order valence-electron chi connectivity index (χ2n) is 5.23. The lowest BCUT2D eigenvalue weighted by Gasteiger charge is -2.13. The number of rotatable bonds is 7. The van der Waals surface area contributed by atoms with Crippen LogP contribution in [0.25, 0.3) is 0 Å². The standard InChI is InChI=1S/C13H26O2/c1-10(2)7-6-8-15-13(14)12(5)9-11(3)4/h10-12H,6-9H2,1-5H3. The number of esters is 1. The van der Waals surface area contributed by atoms with Crippen molar-refractivity contribution in [2.75, 3.05) is 6.61 Å². The summed E-state index contributed by atoms with van der Waals surface area (Å²) in [4.78, 5) is 11.5. The molecule has 15 heavy (non-hydrogen) atoms. The topological polar surface area (TPSA) is 26.3 Å². The SMILES string of the molecule is CC(C)CCCOC(=O)C(C)CC(C)C. The van der Waals surface area contributed by atoms with E-state index in [0.717, 1.165) is 19.3 Å². The van der Waals surface area contributed by atoms with Crippen molar-refractivity contribution in [3.05, 3.63) is 0 Å². The van der Waals surface area contributed by atoms with E-state index in [0.29, 0.717) is 18.4 Å². The summed E-state index contributed by atoms with van der Waals surface area (Å²) in [6, 6.07) is 0. The minimum atomic E-state index is -0.0348. The molecule has 0 radical (unpaired) electrons. The van der Waals surface area contributed by atoms with E-state index in [2.05, 4.69) is 27.7 Å². The van der Waals surface area contributed by atoms with Crippen LogP contribution in [0.5, 0.6) is 0 Å². The molecule has 0 saturated heterocycles. The third-order valence-corrected chi connectivity index (χ3v) is 2.40. The van der Waals surface area contributed by atoms with Gasteiger partial charge in [-0.15, -0.1) is 0 Å². The number of hydrogen-bond acceptors (Lipinski definition) is 2. The molecule has 1 atom stereocenters. The molecule has 2 nitrogen and oxygen atoms in total. The summed E-state index contributed by atoms with van der Waals surface area (Å²) in [5.41, 5.74) is 0. The highest BCUT2D eigenvalue weighted by Gasteiger charge is 2.15. The molecular formula is C13H26O2. The molecule has 0 aliphatic heterocycles. The van der Waals surface area contributed by atoms with Crippen LogP contribution in [0.1, 0.15) is 53.9 Å². The van der Waals surface area contributed by atoms with Gasteiger partial charge in [0.2, 0.25) is 0 Å². The van der Waals surface area contributed by atoms with Crippen molar-refractivity contribution in [3.8, 4) is 0 Å². The van der Waals surface area contributed by atoms with Crippen LogP contribution in [0.3, 0.4) is 0 Å². The lowest BCUT2D eigenvalue weighted by Crippen LogP contribution is -2.17. The van der Waals surface area contributed by atoms with Gasteiger partial charge in [0.05, 0.1) is 12.5 Å². The zero-order valence-electron chi connectivity index (χ0n) is 10.9. The number of hydrogen-bond donors (Lipinski definition) is 0. The highest BCUT2D eigenvalue weighted by Crippen LogP contribution is 2.13. The Morgan fingerprint density at radius 2 is 1.67 bits per heavy atom. The van der Waals surface area contributed by atoms with Gasteiger partial charge in [-0.1, -0.05) is 34.6 Å². The molecule has 0 aromatic carbocycles. The molecule has 0 aliphatic carbocycles. The Bertz CT molecular complexity index is 173. The normalized spacial score (nSPS) is 13.3. The lowest BCUT2D eigenvalue weighted by molar-refractivity contribution is -0.148. The van der Waals surface area contributed by atoms with Crippen LogP contribution in [-0.2, 0) is 9.53 Å². The number of ether oxygens (including phenoxy) is 1. The highest BCUT2D eigenvalue weighted by molar-refractivity contribution is 5.71. The zero-order valence-corrected chi connectivity index (χ0v) is 10.9. The Labute approximate surface area is 94.4 Å². The van der Waals surface area contributed by atoms with Gasteiger partial charge in [0.15, 0.2) is 0 Å². The maximum Gasteiger partial charge on any atom is 0.308 e. The first kappa shape index (κ1) is 14.5. The van der Waals surface area contributed by atoms with Gasteiger partial charge in [-0.3, -0.25) is 4.79 Å². The van der Waals surface area contributed by atoms with Crippen LogP contribution in [0, 0.1) is 17.8 Å². The lowest BCUT2D eigenvalue weighted by atomic mass is 9.99. The summed E-state index contributed by atoms with van der Waals surface area (Å²) in [5, 5.41) is 0. The van der Waals surface area contributed by atoms with E-state index in [1.54, 1.807) is 0 Å². The van der Waals surface area contributed by atoms with Gasteiger partial charge in [-0.05, 0) is 31.1 Å². The molecule has 0 rings (SSSR count). The second kappa shape index (κ2) is 7.72. The highest BCUT2D eigenvalue weighted by atomic mass is 16.5. The fourth-order valence-electron chi connectivity index (χ4n) is 1.61. The van der Waals surface area contributed by atoms with Gasteiger partial charge in [0.1, 0.15) is 0 Å². The van der Waals surface area contributed by atoms with Crippen LogP contribution in [0.2, 0.25) is 0 Å². The van der Waals surface area contributed by atoms with E-state index < -0.39 is 0 Å². The van der Waals surface area contributed by atoms with Crippen LogP contribution in [0.4, 0.5) is 0 Å². The van der Waals surface area contributed by atoms with Crippen molar-refractivity contribution in [2.45, 2.75) is 53.9 Å². The fourth-order valence-corrected chi connectivity index (χ4v) is 1.61. The summed E-state index contributed by atoms with van der Waals surface area (Å²) >= 11 is 0. The molecule has 0 aliphatic rings. The first-order valence-electron chi connectivity index (χ1n) is 6.10. The van der Waals surface area contributed by atoms with Crippen LogP contribution in [0.15, 0.2) is 0 Å². The molecule has 0 amide bonds. The van der Waals surface area contributed by atoms with E-state index in [1.165, 1.54) is 0 Å². The van der Waals surface area contributed by atoms with Gasteiger partial charge in [0.25, 0.3) is 0 Å². The Morgan fingerprint density at radius 1 is 1.07 bits per heavy atom. The Hall–Kier alpha value is -0.530. The smallest absolute Gasteiger partial charge is 0.308 e. The second-order valence-corrected chi connectivity index (χ2v) is 5.23. The molecule has 90 valence electrons. The quantitative estimate of drug-likeness (QED) is 0.477. The molecule has 0 bridgehead atoms. The summed E-state index contributed by atoms with van der Waals surface area (Å²) in [7, 11) is 0. The Kier molecular flexibility index (Phi) is 7.45. The minimum Gasteiger partial charge on any atom is -0.465 e. The van der Waals surface area contributed by atoms with E-state index in [-0.39, 0.29) is 11.9 Å². The van der Waals surface area contributed by atoms with Gasteiger partial charge in [-0.25, -0.2) is 0 Å². The molecule has 0 heterocycles. The first-order chi connectivity index (χ1) is 6.93. The Balaban J connectivity index is 3.56. The molecule has 0 fully saturated rings. The summed E-state index contributed by atoms with van der Waals surface area (Å²) in [5.74, 6) is 1.26. The van der Waals surface area contributed by atoms with Crippen molar-refractivity contribution >= 4 is 5.97 Å². The Morgan fingerprint density at radius 3 is 2.13 bits per heavy atom. The minimum absolute atomic E-state index is 0.0348. The van der Waals surface area contributed by atoms with Crippen molar-refractivity contribution in [1.82, 2.24) is 0 Å². The van der Waals surface area contributed by atoms with Gasteiger partial charge in [-0.2, -0.15) is 0 Å². The molecule has 0 saturated carbocycles. The summed E-state index contributed by atoms with van der Waals surface area (Å²) in [6.07, 6.45) is 3.03. The zero-order chi connectivity index (χ0) is 11.8. The van der Waals surface area contributed by atoms with E-state index in [1.807, 2.05) is 6.92 Å². The molecule has 0 N–H and O–H groups in total. The van der Waals surface area contributed by atoms with E-state index >= 15 is 0 Å². The van der Waals surface area contributed by atoms with Gasteiger partial charge >= 0.3 is 5.97 Å². The monoisotopic (exact) mass is 214 g/mol. The maximum atomic E-state index is 11.5. The van der Waals surface area contributed by atoms with Crippen molar-refractivity contribution in [3.63, 3.8) is 0 Å². The molecule has 1 unspecified atom stereocenters. The molecule has 2 heteroatoms. The van der Waals surface area contributed by atoms with Crippen LogP contribution >= 0.6 is 0 Å². The summed E-state index contributed by atoms with van der Waals surface area (Å²) in [6.45, 7) is 11.2. The molecule has 0 spiro atoms. The third kappa shape index (κ3) is 8.46. The number of carbonyl (C=O) groups is 1. The van der Waals surface area contributed by atoms with Crippen molar-refractivity contribution in [2.24, 2.45) is 17.8 Å².